The summed E-state index contributed by atoms with van der Waals surface area (Å²) in [6.07, 6.45) is 3.11. The molecule has 2 N–H and O–H groups in total. The normalized spacial score (nSPS) is 17.4. The largest absolute Gasteiger partial charge is 0.351 e. The van der Waals surface area contributed by atoms with Gasteiger partial charge in [-0.2, -0.15) is 0 Å². The molecular formula is C22H35N3O2. The maximum absolute atomic E-state index is 12.4. The summed E-state index contributed by atoms with van der Waals surface area (Å²) >= 11 is 0. The van der Waals surface area contributed by atoms with Crippen molar-refractivity contribution in [3.05, 3.63) is 35.4 Å². The quantitative estimate of drug-likeness (QED) is 0.805. The third kappa shape index (κ3) is 6.35. The zero-order valence-corrected chi connectivity index (χ0v) is 17.5. The van der Waals surface area contributed by atoms with Crippen LogP contribution in [-0.2, 0) is 10.2 Å². The maximum atomic E-state index is 12.4. The van der Waals surface area contributed by atoms with Gasteiger partial charge in [-0.15, -0.1) is 0 Å². The molecule has 0 radical (unpaired) electrons. The minimum Gasteiger partial charge on any atom is -0.351 e. The Balaban J connectivity index is 1.82. The van der Waals surface area contributed by atoms with Gasteiger partial charge in [-0.3, -0.25) is 9.59 Å². The molecule has 0 spiro atoms. The van der Waals surface area contributed by atoms with Crippen molar-refractivity contribution < 1.29 is 9.59 Å². The number of piperidine rings is 1. The van der Waals surface area contributed by atoms with Gasteiger partial charge in [0.2, 0.25) is 5.91 Å². The van der Waals surface area contributed by atoms with E-state index in [2.05, 4.69) is 43.2 Å². The molecule has 1 unspecified atom stereocenters. The van der Waals surface area contributed by atoms with Crippen LogP contribution < -0.4 is 10.6 Å². The molecular weight excluding hydrogens is 338 g/mol. The molecule has 0 aliphatic carbocycles. The fraction of sp³-hybridized carbons (Fsp3) is 0.636. The van der Waals surface area contributed by atoms with Crippen LogP contribution in [0.3, 0.4) is 0 Å². The lowest BCUT2D eigenvalue weighted by Crippen LogP contribution is -2.51. The van der Waals surface area contributed by atoms with Crippen molar-refractivity contribution in [3.63, 3.8) is 0 Å². The van der Waals surface area contributed by atoms with Gasteiger partial charge >= 0.3 is 0 Å². The average Bonchev–Trinajstić information content (AvgIpc) is 2.63. The van der Waals surface area contributed by atoms with Crippen LogP contribution in [0.15, 0.2) is 24.3 Å². The van der Waals surface area contributed by atoms with Crippen molar-refractivity contribution in [1.29, 1.82) is 0 Å². The highest BCUT2D eigenvalue weighted by Gasteiger charge is 2.23. The van der Waals surface area contributed by atoms with Crippen molar-refractivity contribution >= 4 is 11.8 Å². The first-order chi connectivity index (χ1) is 12.7. The molecule has 2 rings (SSSR count). The maximum Gasteiger partial charge on any atom is 0.251 e. The zero-order chi connectivity index (χ0) is 20.0. The smallest absolute Gasteiger partial charge is 0.251 e. The molecule has 1 aromatic rings. The van der Waals surface area contributed by atoms with Gasteiger partial charge in [0, 0.05) is 24.7 Å². The van der Waals surface area contributed by atoms with E-state index in [1.807, 2.05) is 24.3 Å². The molecule has 0 saturated carbocycles. The third-order valence-electron chi connectivity index (χ3n) is 5.23. The first-order valence-electron chi connectivity index (χ1n) is 10.1. The highest BCUT2D eigenvalue weighted by Crippen LogP contribution is 2.22. The Bertz CT molecular complexity index is 626. The number of carbonyl (C=O) groups excluding carboxylic acids is 2. The number of benzene rings is 1. The SMILES string of the molecule is CCCN1CCC(NC(=O)C(C)NC(=O)c2ccc(C(C)(C)C)cc2)CC1. The lowest BCUT2D eigenvalue weighted by atomic mass is 9.86. The predicted octanol–water partition coefficient (Wildman–Crippen LogP) is 3.09. The summed E-state index contributed by atoms with van der Waals surface area (Å²) in [7, 11) is 0. The van der Waals surface area contributed by atoms with Gasteiger partial charge in [0.15, 0.2) is 0 Å². The summed E-state index contributed by atoms with van der Waals surface area (Å²) in [5.74, 6) is -0.320. The van der Waals surface area contributed by atoms with E-state index in [1.54, 1.807) is 6.92 Å². The van der Waals surface area contributed by atoms with Crippen LogP contribution >= 0.6 is 0 Å². The van der Waals surface area contributed by atoms with E-state index >= 15 is 0 Å². The van der Waals surface area contributed by atoms with Crippen LogP contribution in [0.1, 0.15) is 69.8 Å². The lowest BCUT2D eigenvalue weighted by molar-refractivity contribution is -0.123. The molecule has 1 fully saturated rings. The number of carbonyl (C=O) groups is 2. The Morgan fingerprint density at radius 3 is 2.26 bits per heavy atom. The van der Waals surface area contributed by atoms with Crippen molar-refractivity contribution in [2.75, 3.05) is 19.6 Å². The fourth-order valence-electron chi connectivity index (χ4n) is 3.41. The Hall–Kier alpha value is -1.88. The number of nitrogens with zero attached hydrogens (tertiary/aromatic N) is 1. The van der Waals surface area contributed by atoms with Crippen molar-refractivity contribution in [2.24, 2.45) is 0 Å². The highest BCUT2D eigenvalue weighted by molar-refractivity contribution is 5.97. The number of hydrogen-bond donors (Lipinski definition) is 2. The molecule has 0 aromatic heterocycles. The Morgan fingerprint density at radius 2 is 1.74 bits per heavy atom. The van der Waals surface area contributed by atoms with Gasteiger partial charge in [0.1, 0.15) is 6.04 Å². The summed E-state index contributed by atoms with van der Waals surface area (Å²) < 4.78 is 0. The molecule has 150 valence electrons. The molecule has 27 heavy (non-hydrogen) atoms. The monoisotopic (exact) mass is 373 g/mol. The molecule has 2 amide bonds. The van der Waals surface area contributed by atoms with Crippen LogP contribution in [-0.4, -0.2) is 48.4 Å². The minimum absolute atomic E-state index is 0.0505. The third-order valence-corrected chi connectivity index (χ3v) is 5.23. The van der Waals surface area contributed by atoms with E-state index in [4.69, 9.17) is 0 Å². The molecule has 0 bridgehead atoms. The van der Waals surface area contributed by atoms with Crippen molar-refractivity contribution in [2.45, 2.75) is 71.4 Å². The predicted molar refractivity (Wildman–Crippen MR) is 110 cm³/mol. The number of likely N-dealkylation sites (tertiary alicyclic amines) is 1. The molecule has 1 aromatic carbocycles. The Labute approximate surface area is 163 Å². The fourth-order valence-corrected chi connectivity index (χ4v) is 3.41. The Kier molecular flexibility index (Phi) is 7.42. The van der Waals surface area contributed by atoms with E-state index in [1.165, 1.54) is 5.56 Å². The van der Waals surface area contributed by atoms with E-state index in [9.17, 15) is 9.59 Å². The summed E-state index contributed by atoms with van der Waals surface area (Å²) in [5.41, 5.74) is 1.81. The number of amides is 2. The van der Waals surface area contributed by atoms with Crippen LogP contribution in [0.25, 0.3) is 0 Å². The number of nitrogens with one attached hydrogen (secondary N) is 2. The summed E-state index contributed by atoms with van der Waals surface area (Å²) in [6.45, 7) is 13.5. The molecule has 1 heterocycles. The van der Waals surface area contributed by atoms with Crippen molar-refractivity contribution in [3.8, 4) is 0 Å². The zero-order valence-electron chi connectivity index (χ0n) is 17.5. The second-order valence-electron chi connectivity index (χ2n) is 8.65. The second-order valence-corrected chi connectivity index (χ2v) is 8.65. The standard InChI is InChI=1S/C22H35N3O2/c1-6-13-25-14-11-19(12-15-25)24-20(26)16(2)23-21(27)17-7-9-18(10-8-17)22(3,4)5/h7-10,16,19H,6,11-15H2,1-5H3,(H,23,27)(H,24,26). The van der Waals surface area contributed by atoms with E-state index in [0.29, 0.717) is 5.56 Å². The lowest BCUT2D eigenvalue weighted by Gasteiger charge is -2.32. The van der Waals surface area contributed by atoms with E-state index < -0.39 is 6.04 Å². The van der Waals surface area contributed by atoms with E-state index in [0.717, 1.165) is 38.9 Å². The van der Waals surface area contributed by atoms with E-state index in [-0.39, 0.29) is 23.3 Å². The Morgan fingerprint density at radius 1 is 1.15 bits per heavy atom. The van der Waals surface area contributed by atoms with Gasteiger partial charge in [-0.1, -0.05) is 39.8 Å². The number of rotatable bonds is 6. The van der Waals surface area contributed by atoms with Crippen LogP contribution in [0.4, 0.5) is 0 Å². The highest BCUT2D eigenvalue weighted by atomic mass is 16.2. The van der Waals surface area contributed by atoms with Crippen LogP contribution in [0, 0.1) is 0 Å². The van der Waals surface area contributed by atoms with Gasteiger partial charge in [0.25, 0.3) is 5.91 Å². The molecule has 5 heteroatoms. The van der Waals surface area contributed by atoms with Gasteiger partial charge in [-0.25, -0.2) is 0 Å². The van der Waals surface area contributed by atoms with Crippen molar-refractivity contribution in [1.82, 2.24) is 15.5 Å². The minimum atomic E-state index is -0.548. The molecule has 1 saturated heterocycles. The first kappa shape index (κ1) is 21.4. The van der Waals surface area contributed by atoms with Crippen LogP contribution in [0.2, 0.25) is 0 Å². The van der Waals surface area contributed by atoms with Gasteiger partial charge in [0.05, 0.1) is 0 Å². The first-order valence-corrected chi connectivity index (χ1v) is 10.1. The molecule has 1 aliphatic rings. The number of hydrogen-bond acceptors (Lipinski definition) is 3. The molecule has 5 nitrogen and oxygen atoms in total. The summed E-state index contributed by atoms with van der Waals surface area (Å²) in [5, 5.41) is 5.90. The second kappa shape index (κ2) is 9.36. The summed E-state index contributed by atoms with van der Waals surface area (Å²) in [4.78, 5) is 27.3. The average molecular weight is 374 g/mol. The molecule has 1 aliphatic heterocycles. The van der Waals surface area contributed by atoms with Crippen LogP contribution in [0.5, 0.6) is 0 Å². The topological polar surface area (TPSA) is 61.4 Å². The van der Waals surface area contributed by atoms with Gasteiger partial charge < -0.3 is 15.5 Å². The molecule has 1 atom stereocenters. The van der Waals surface area contributed by atoms with Gasteiger partial charge in [-0.05, 0) is 55.8 Å². The summed E-state index contributed by atoms with van der Waals surface area (Å²) in [6, 6.07) is 7.26.